The molecule has 68 heavy (non-hydrogen) atoms. The molecule has 0 amide bonds. The lowest BCUT2D eigenvalue weighted by Gasteiger charge is -2.23. The van der Waals surface area contributed by atoms with Crippen LogP contribution < -0.4 is 14.2 Å². The summed E-state index contributed by atoms with van der Waals surface area (Å²) < 4.78 is 16.8. The quantitative estimate of drug-likeness (QED) is 0.0229. The van der Waals surface area contributed by atoms with Crippen molar-refractivity contribution in [2.75, 3.05) is 39.6 Å². The molecule has 0 aliphatic heterocycles. The molecule has 0 bridgehead atoms. The fraction of sp³-hybridized carbons (Fsp3) is 0.412. The number of phenols is 3. The molecule has 0 spiro atoms. The molecule has 0 aliphatic carbocycles. The molecule has 366 valence electrons. The van der Waals surface area contributed by atoms with Crippen LogP contribution in [-0.4, -0.2) is 90.2 Å². The van der Waals surface area contributed by atoms with E-state index in [4.69, 9.17) is 29.5 Å². The van der Waals surface area contributed by atoms with Crippen LogP contribution >= 0.6 is 0 Å². The van der Waals surface area contributed by atoms with Gasteiger partial charge >= 0.3 is 0 Å². The van der Waals surface area contributed by atoms with E-state index in [0.717, 1.165) is 27.9 Å². The second-order valence-corrected chi connectivity index (χ2v) is 18.8. The Morgan fingerprint density at radius 1 is 0.559 bits per heavy atom. The number of aromatic nitrogens is 3. The number of azo groups is 1. The predicted molar refractivity (Wildman–Crippen MR) is 262 cm³/mol. The maximum absolute atomic E-state index is 11.1. The molecule has 5 aromatic carbocycles. The highest BCUT2D eigenvalue weighted by atomic mass is 16.6. The number of nitro groups is 1. The molecule has 0 saturated heterocycles. The second kappa shape index (κ2) is 24.3. The van der Waals surface area contributed by atoms with Gasteiger partial charge in [-0.25, -0.2) is 0 Å². The third kappa shape index (κ3) is 15.4. The highest BCUT2D eigenvalue weighted by Crippen LogP contribution is 2.43. The number of ether oxygens (including phenoxy) is 3. The lowest BCUT2D eigenvalue weighted by atomic mass is 9.86. The van der Waals surface area contributed by atoms with Gasteiger partial charge in [0.1, 0.15) is 56.9 Å². The topological polar surface area (TPSA) is 248 Å². The Morgan fingerprint density at radius 3 is 1.50 bits per heavy atom. The van der Waals surface area contributed by atoms with Crippen molar-refractivity contribution < 1.29 is 49.8 Å². The van der Waals surface area contributed by atoms with Crippen LogP contribution in [0, 0.1) is 10.1 Å². The summed E-state index contributed by atoms with van der Waals surface area (Å²) in [5.74, 6) is 2.20. The summed E-state index contributed by atoms with van der Waals surface area (Å²) in [7, 11) is 0. The van der Waals surface area contributed by atoms with Crippen molar-refractivity contribution in [3.05, 3.63) is 118 Å². The van der Waals surface area contributed by atoms with E-state index < -0.39 is 4.92 Å². The Labute approximate surface area is 397 Å². The molecule has 1 aromatic heterocycles. The average Bonchev–Trinajstić information content (AvgIpc) is 3.71. The van der Waals surface area contributed by atoms with Gasteiger partial charge in [0.25, 0.3) is 5.69 Å². The number of aliphatic hydroxyl groups excluding tert-OH is 3. The average molecular weight is 939 g/mol. The number of nitrogens with zero attached hydrogens (tertiary/aromatic N) is 6. The Kier molecular flexibility index (Phi) is 19.2. The minimum Gasteiger partial charge on any atom is -0.508 e. The van der Waals surface area contributed by atoms with Crippen molar-refractivity contribution in [2.45, 2.75) is 97.8 Å². The summed E-state index contributed by atoms with van der Waals surface area (Å²) in [6, 6.07) is 25.6. The number of fused-ring (bicyclic) bond motifs is 1. The molecule has 6 aromatic rings. The third-order valence-electron chi connectivity index (χ3n) is 10.1. The van der Waals surface area contributed by atoms with Crippen molar-refractivity contribution in [3.8, 4) is 40.2 Å². The van der Waals surface area contributed by atoms with E-state index in [1.165, 1.54) is 23.0 Å². The summed E-state index contributed by atoms with van der Waals surface area (Å²) in [5, 5.41) is 85.6. The molecule has 0 aliphatic rings. The van der Waals surface area contributed by atoms with Gasteiger partial charge in [0, 0.05) is 74.0 Å². The minimum atomic E-state index is -0.538. The largest absolute Gasteiger partial charge is 0.508 e. The predicted octanol–water partition coefficient (Wildman–Crippen LogP) is 10.4. The first kappa shape index (κ1) is 53.8. The van der Waals surface area contributed by atoms with Crippen molar-refractivity contribution in [1.82, 2.24) is 15.0 Å². The monoisotopic (exact) mass is 938 g/mol. The highest BCUT2D eigenvalue weighted by Gasteiger charge is 2.25. The Morgan fingerprint density at radius 2 is 1.00 bits per heavy atom. The molecule has 6 N–H and O–H groups in total. The molecule has 0 fully saturated rings. The molecule has 0 saturated carbocycles. The molecule has 17 nitrogen and oxygen atoms in total. The van der Waals surface area contributed by atoms with Gasteiger partial charge in [-0.3, -0.25) is 10.1 Å². The molecular formula is C51H66N6O11. The summed E-state index contributed by atoms with van der Waals surface area (Å²) >= 11 is 0. The molecule has 0 radical (unpaired) electrons. The van der Waals surface area contributed by atoms with Crippen molar-refractivity contribution >= 4 is 28.1 Å². The third-order valence-corrected chi connectivity index (χ3v) is 10.1. The molecule has 17 heteroatoms. The Balaban J connectivity index is 0.000000230. The first-order chi connectivity index (χ1) is 32.1. The number of hydrogen-bond acceptors (Lipinski definition) is 15. The van der Waals surface area contributed by atoms with Crippen LogP contribution in [0.1, 0.15) is 98.3 Å². The minimum absolute atomic E-state index is 0.00838. The number of rotatable bonds is 16. The number of nitro benzene ring substituents is 1. The zero-order valence-electron chi connectivity index (χ0n) is 40.4. The van der Waals surface area contributed by atoms with Gasteiger partial charge in [0.2, 0.25) is 0 Å². The number of phenolic OH excluding ortho intramolecular Hbond substituents is 3. The fourth-order valence-electron chi connectivity index (χ4n) is 6.47. The van der Waals surface area contributed by atoms with Crippen molar-refractivity contribution in [2.24, 2.45) is 10.2 Å². The maximum atomic E-state index is 11.1. The Hall–Kier alpha value is -6.82. The zero-order valence-corrected chi connectivity index (χ0v) is 40.4. The summed E-state index contributed by atoms with van der Waals surface area (Å²) in [5.41, 5.74) is 3.52. The van der Waals surface area contributed by atoms with Gasteiger partial charge in [0.15, 0.2) is 5.69 Å². The van der Waals surface area contributed by atoms with Gasteiger partial charge in [-0.05, 0) is 64.8 Å². The first-order valence-electron chi connectivity index (χ1n) is 22.4. The van der Waals surface area contributed by atoms with E-state index in [1.54, 1.807) is 36.4 Å². The van der Waals surface area contributed by atoms with Gasteiger partial charge in [0.05, 0.1) is 24.7 Å². The van der Waals surface area contributed by atoms with Crippen LogP contribution in [0.15, 0.2) is 101 Å². The number of benzene rings is 5. The van der Waals surface area contributed by atoms with Gasteiger partial charge in [-0.1, -0.05) is 86.6 Å². The van der Waals surface area contributed by atoms with E-state index in [0.29, 0.717) is 67.6 Å². The highest BCUT2D eigenvalue weighted by molar-refractivity contribution is 5.74. The van der Waals surface area contributed by atoms with Gasteiger partial charge in [-0.15, -0.1) is 25.2 Å². The zero-order chi connectivity index (χ0) is 50.2. The molecule has 6 rings (SSSR count). The number of aromatic hydroxyl groups is 3. The number of para-hydroxylation sites is 1. The van der Waals surface area contributed by atoms with Crippen LogP contribution in [-0.2, 0) is 16.2 Å². The first-order valence-corrected chi connectivity index (χ1v) is 22.4. The van der Waals surface area contributed by atoms with E-state index in [9.17, 15) is 25.4 Å². The molecule has 0 atom stereocenters. The van der Waals surface area contributed by atoms with Crippen LogP contribution in [0.3, 0.4) is 0 Å². The molecule has 1 heterocycles. The fourth-order valence-corrected chi connectivity index (χ4v) is 6.47. The van der Waals surface area contributed by atoms with Crippen LogP contribution in [0.4, 0.5) is 17.1 Å². The normalized spacial score (nSPS) is 11.7. The summed E-state index contributed by atoms with van der Waals surface area (Å²) in [6.07, 6.45) is 1.63. The summed E-state index contributed by atoms with van der Waals surface area (Å²) in [4.78, 5) is 12.0. The molecular weight excluding hydrogens is 873 g/mol. The van der Waals surface area contributed by atoms with E-state index in [2.05, 4.69) is 20.4 Å². The number of hydrogen-bond donors (Lipinski definition) is 6. The lowest BCUT2D eigenvalue weighted by Crippen LogP contribution is -2.14. The van der Waals surface area contributed by atoms with E-state index in [-0.39, 0.29) is 64.6 Å². The smallest absolute Gasteiger partial charge is 0.296 e. The maximum Gasteiger partial charge on any atom is 0.296 e. The molecule has 0 unspecified atom stereocenters. The van der Waals surface area contributed by atoms with Crippen LogP contribution in [0.2, 0.25) is 0 Å². The van der Waals surface area contributed by atoms with Crippen molar-refractivity contribution in [1.29, 1.82) is 0 Å². The van der Waals surface area contributed by atoms with Crippen LogP contribution in [0.25, 0.3) is 16.7 Å². The lowest BCUT2D eigenvalue weighted by molar-refractivity contribution is -0.384. The Bertz CT molecular complexity index is 2580. The number of aliphatic hydroxyl groups is 3. The van der Waals surface area contributed by atoms with E-state index in [1.807, 2.05) is 98.7 Å². The SMILES string of the molecule is CC(C)(C)c1cc(OCCCO)cc(-n2nc3ccccc3n2)c1O.CC(C)(C)c1cc(OCCCO)cc(N=Nc2ccccc2[N+](=O)[O-])c1O.CC(C)(C)c1cc(OCCCO)ccc1O. The summed E-state index contributed by atoms with van der Waals surface area (Å²) in [6.45, 7) is 19.4. The van der Waals surface area contributed by atoms with Crippen molar-refractivity contribution in [3.63, 3.8) is 0 Å². The van der Waals surface area contributed by atoms with Crippen LogP contribution in [0.5, 0.6) is 34.5 Å². The standard InChI is InChI=1S/C19H23N3O5.C19H23N3O3.C13H20O3/c1-19(2,3)14-11-13(27-10-6-9-23)12-16(18(14)24)21-20-15-7-4-5-8-17(15)22(25)26;1-19(2,3)14-11-13(25-10-6-9-23)12-17(18(14)24)22-20-15-7-4-5-8-16(15)21-22;1-13(2,3)11-9-10(5-6-12(11)15)16-8-4-7-14/h4-5,7-8,11-12,23-24H,6,9-10H2,1-3H3;4-5,7-8,11-12,23-24H,6,9-10H2,1-3H3;5-6,9,14-15H,4,7-8H2,1-3H3. The van der Waals surface area contributed by atoms with E-state index >= 15 is 0 Å². The second-order valence-electron chi connectivity index (χ2n) is 18.8. The van der Waals surface area contributed by atoms with Gasteiger partial charge < -0.3 is 44.8 Å². The van der Waals surface area contributed by atoms with Gasteiger partial charge in [-0.2, -0.15) is 0 Å².